The Morgan fingerprint density at radius 1 is 1.40 bits per heavy atom. The van der Waals surface area contributed by atoms with E-state index in [1.165, 1.54) is 6.42 Å². The number of hydrogen-bond acceptors (Lipinski definition) is 4. The summed E-state index contributed by atoms with van der Waals surface area (Å²) in [5.41, 5.74) is 5.85. The van der Waals surface area contributed by atoms with Crippen molar-refractivity contribution in [2.24, 2.45) is 11.7 Å². The van der Waals surface area contributed by atoms with E-state index in [0.717, 1.165) is 25.7 Å². The largest absolute Gasteiger partial charge is 0.472 e. The van der Waals surface area contributed by atoms with Gasteiger partial charge < -0.3 is 15.0 Å². The fourth-order valence-electron chi connectivity index (χ4n) is 2.68. The molecule has 2 rings (SSSR count). The second-order valence-electron chi connectivity index (χ2n) is 6.30. The average molecular weight is 279 g/mol. The van der Waals surface area contributed by atoms with Crippen LogP contribution in [0.5, 0.6) is 5.88 Å². The van der Waals surface area contributed by atoms with E-state index >= 15 is 0 Å². The van der Waals surface area contributed by atoms with Crippen LogP contribution in [0.2, 0.25) is 0 Å². The third-order valence-corrected chi connectivity index (χ3v) is 3.79. The molecule has 1 saturated carbocycles. The van der Waals surface area contributed by atoms with Crippen LogP contribution in [0.4, 0.5) is 0 Å². The molecule has 0 atom stereocenters. The molecule has 0 aromatic carbocycles. The van der Waals surface area contributed by atoms with Gasteiger partial charge in [-0.15, -0.1) is 0 Å². The van der Waals surface area contributed by atoms with Gasteiger partial charge in [0.05, 0.1) is 5.54 Å². The van der Waals surface area contributed by atoms with Crippen molar-refractivity contribution in [3.63, 3.8) is 0 Å². The molecule has 0 radical (unpaired) electrons. The summed E-state index contributed by atoms with van der Waals surface area (Å²) in [6.45, 7) is 5.20. The molecule has 1 heterocycles. The molecule has 1 aliphatic carbocycles. The number of hydrogen-bond donors (Lipinski definition) is 1. The first-order valence-corrected chi connectivity index (χ1v) is 7.47. The fraction of sp³-hybridized carbons (Fsp3) is 0.733. The van der Waals surface area contributed by atoms with Crippen molar-refractivity contribution < 1.29 is 4.74 Å². The Morgan fingerprint density at radius 2 is 2.10 bits per heavy atom. The predicted molar refractivity (Wildman–Crippen MR) is 78.8 cm³/mol. The van der Waals surface area contributed by atoms with Crippen molar-refractivity contribution in [1.29, 1.82) is 0 Å². The van der Waals surface area contributed by atoms with Crippen LogP contribution >= 0.6 is 0 Å². The van der Waals surface area contributed by atoms with Gasteiger partial charge in [-0.05, 0) is 18.8 Å². The lowest BCUT2D eigenvalue weighted by Gasteiger charge is -2.32. The van der Waals surface area contributed by atoms with Gasteiger partial charge in [-0.3, -0.25) is 4.79 Å². The fourth-order valence-corrected chi connectivity index (χ4v) is 2.68. The molecule has 112 valence electrons. The highest BCUT2D eigenvalue weighted by molar-refractivity contribution is 5.05. The van der Waals surface area contributed by atoms with Crippen molar-refractivity contribution in [2.45, 2.75) is 58.0 Å². The van der Waals surface area contributed by atoms with Gasteiger partial charge in [0.1, 0.15) is 6.61 Å². The molecule has 1 aromatic rings. The summed E-state index contributed by atoms with van der Waals surface area (Å²) < 4.78 is 7.28. The maximum absolute atomic E-state index is 12.2. The Kier molecular flexibility index (Phi) is 4.81. The first-order chi connectivity index (χ1) is 9.50. The third-order valence-electron chi connectivity index (χ3n) is 3.79. The second-order valence-corrected chi connectivity index (χ2v) is 6.30. The molecule has 1 aromatic heterocycles. The van der Waals surface area contributed by atoms with Gasteiger partial charge in [-0.25, -0.2) is 4.98 Å². The minimum Gasteiger partial charge on any atom is -0.472 e. The van der Waals surface area contributed by atoms with E-state index in [0.29, 0.717) is 19.1 Å². The predicted octanol–water partition coefficient (Wildman–Crippen LogP) is 1.94. The summed E-state index contributed by atoms with van der Waals surface area (Å²) >= 11 is 0. The summed E-state index contributed by atoms with van der Waals surface area (Å²) in [6.07, 6.45) is 8.75. The van der Waals surface area contributed by atoms with Crippen LogP contribution in [0.15, 0.2) is 17.2 Å². The lowest BCUT2D eigenvalue weighted by atomic mass is 9.83. The highest BCUT2D eigenvalue weighted by Crippen LogP contribution is 2.26. The molecule has 0 amide bonds. The molecule has 0 spiro atoms. The van der Waals surface area contributed by atoms with Crippen LogP contribution in [-0.2, 0) is 6.54 Å². The highest BCUT2D eigenvalue weighted by atomic mass is 16.5. The van der Waals surface area contributed by atoms with E-state index in [1.807, 2.05) is 0 Å². The Morgan fingerprint density at radius 3 is 2.75 bits per heavy atom. The SMILES string of the molecule is CC(C)Cn1ccnc(OCC2(N)CCCCC2)c1=O. The lowest BCUT2D eigenvalue weighted by molar-refractivity contribution is 0.166. The van der Waals surface area contributed by atoms with Crippen LogP contribution in [0, 0.1) is 5.92 Å². The summed E-state index contributed by atoms with van der Waals surface area (Å²) in [5.74, 6) is 0.575. The van der Waals surface area contributed by atoms with Crippen LogP contribution in [0.3, 0.4) is 0 Å². The average Bonchev–Trinajstić information content (AvgIpc) is 2.40. The molecule has 5 heteroatoms. The standard InChI is InChI=1S/C15H25N3O2/c1-12(2)10-18-9-8-17-13(14(18)19)20-11-15(16)6-4-3-5-7-15/h8-9,12H,3-7,10-11,16H2,1-2H3. The zero-order chi connectivity index (χ0) is 14.6. The molecule has 5 nitrogen and oxygen atoms in total. The highest BCUT2D eigenvalue weighted by Gasteiger charge is 2.28. The minimum absolute atomic E-state index is 0.166. The molecule has 20 heavy (non-hydrogen) atoms. The van der Waals surface area contributed by atoms with E-state index in [1.54, 1.807) is 17.0 Å². The quantitative estimate of drug-likeness (QED) is 0.894. The van der Waals surface area contributed by atoms with Crippen LogP contribution < -0.4 is 16.0 Å². The van der Waals surface area contributed by atoms with E-state index in [2.05, 4.69) is 18.8 Å². The monoisotopic (exact) mass is 279 g/mol. The van der Waals surface area contributed by atoms with Crippen molar-refractivity contribution in [3.8, 4) is 5.88 Å². The third kappa shape index (κ3) is 3.82. The van der Waals surface area contributed by atoms with Crippen molar-refractivity contribution >= 4 is 0 Å². The molecular formula is C15H25N3O2. The Bertz CT molecular complexity index is 490. The maximum atomic E-state index is 12.2. The van der Waals surface area contributed by atoms with Crippen molar-refractivity contribution in [3.05, 3.63) is 22.7 Å². The van der Waals surface area contributed by atoms with Gasteiger partial charge in [0.2, 0.25) is 0 Å². The van der Waals surface area contributed by atoms with Gasteiger partial charge >= 0.3 is 5.56 Å². The molecular weight excluding hydrogens is 254 g/mol. The molecule has 0 aliphatic heterocycles. The normalized spacial score (nSPS) is 18.2. The molecule has 1 aliphatic rings. The molecule has 1 fully saturated rings. The summed E-state index contributed by atoms with van der Waals surface area (Å²) in [7, 11) is 0. The minimum atomic E-state index is -0.301. The molecule has 0 unspecified atom stereocenters. The zero-order valence-corrected chi connectivity index (χ0v) is 12.5. The van der Waals surface area contributed by atoms with Crippen LogP contribution in [0.1, 0.15) is 46.0 Å². The van der Waals surface area contributed by atoms with Gasteiger partial charge in [0.25, 0.3) is 5.88 Å². The number of nitrogens with two attached hydrogens (primary N) is 1. The van der Waals surface area contributed by atoms with Gasteiger partial charge in [0, 0.05) is 18.9 Å². The summed E-state index contributed by atoms with van der Waals surface area (Å²) in [6, 6.07) is 0. The van der Waals surface area contributed by atoms with Gasteiger partial charge in [-0.1, -0.05) is 33.1 Å². The molecule has 0 bridgehead atoms. The topological polar surface area (TPSA) is 70.1 Å². The zero-order valence-electron chi connectivity index (χ0n) is 12.5. The number of aromatic nitrogens is 2. The summed E-state index contributed by atoms with van der Waals surface area (Å²) in [5, 5.41) is 0. The van der Waals surface area contributed by atoms with E-state index in [-0.39, 0.29) is 17.0 Å². The Labute approximate surface area is 120 Å². The van der Waals surface area contributed by atoms with Crippen LogP contribution in [0.25, 0.3) is 0 Å². The Balaban J connectivity index is 2.04. The first kappa shape index (κ1) is 15.0. The van der Waals surface area contributed by atoms with Gasteiger partial charge in [-0.2, -0.15) is 0 Å². The van der Waals surface area contributed by atoms with Crippen LogP contribution in [-0.4, -0.2) is 21.7 Å². The smallest absolute Gasteiger partial charge is 0.313 e. The lowest BCUT2D eigenvalue weighted by Crippen LogP contribution is -2.47. The van der Waals surface area contributed by atoms with Crippen molar-refractivity contribution in [2.75, 3.05) is 6.61 Å². The summed E-state index contributed by atoms with van der Waals surface area (Å²) in [4.78, 5) is 16.3. The van der Waals surface area contributed by atoms with E-state index in [9.17, 15) is 4.79 Å². The second kappa shape index (κ2) is 6.39. The number of nitrogens with zero attached hydrogens (tertiary/aromatic N) is 2. The Hall–Kier alpha value is -1.36. The molecule has 2 N–H and O–H groups in total. The molecule has 0 saturated heterocycles. The van der Waals surface area contributed by atoms with E-state index < -0.39 is 0 Å². The number of ether oxygens (including phenoxy) is 1. The number of rotatable bonds is 5. The van der Waals surface area contributed by atoms with Crippen molar-refractivity contribution in [1.82, 2.24) is 9.55 Å². The maximum Gasteiger partial charge on any atom is 0.313 e. The first-order valence-electron chi connectivity index (χ1n) is 7.47. The van der Waals surface area contributed by atoms with Gasteiger partial charge in [0.15, 0.2) is 0 Å². The van der Waals surface area contributed by atoms with E-state index in [4.69, 9.17) is 10.5 Å².